The summed E-state index contributed by atoms with van der Waals surface area (Å²) in [5.41, 5.74) is -1.45. The Labute approximate surface area is 133 Å². The molecule has 0 amide bonds. The highest BCUT2D eigenvalue weighted by Gasteiger charge is 2.21. The maximum atomic E-state index is 12.5. The van der Waals surface area contributed by atoms with Crippen LogP contribution in [0, 0.1) is 10.1 Å². The molecule has 0 aliphatic heterocycles. The molecule has 9 heteroatoms. The standard InChI is InChI=1S/C14H8ClF2NO5/c15-10-5-7(13(16)17)1-4-12(10)23-8-2-3-11(18(21)22)9(6-8)14(19)20/h1-6,13H,(H,19,20). The molecule has 2 aromatic carbocycles. The molecular weight excluding hydrogens is 336 g/mol. The minimum Gasteiger partial charge on any atom is -0.477 e. The van der Waals surface area contributed by atoms with Crippen LogP contribution in [0.25, 0.3) is 0 Å². The van der Waals surface area contributed by atoms with Crippen molar-refractivity contribution in [3.8, 4) is 11.5 Å². The Kier molecular flexibility index (Phi) is 4.75. The van der Waals surface area contributed by atoms with Gasteiger partial charge in [-0.05, 0) is 24.3 Å². The van der Waals surface area contributed by atoms with Gasteiger partial charge in [0.05, 0.1) is 9.95 Å². The van der Waals surface area contributed by atoms with Gasteiger partial charge in [0.2, 0.25) is 0 Å². The van der Waals surface area contributed by atoms with Gasteiger partial charge >= 0.3 is 5.97 Å². The summed E-state index contributed by atoms with van der Waals surface area (Å²) in [4.78, 5) is 21.0. The van der Waals surface area contributed by atoms with Gasteiger partial charge in [-0.3, -0.25) is 10.1 Å². The third-order valence-corrected chi connectivity index (χ3v) is 3.13. The van der Waals surface area contributed by atoms with Crippen molar-refractivity contribution in [2.75, 3.05) is 0 Å². The first-order valence-corrected chi connectivity index (χ1v) is 6.44. The fourth-order valence-electron chi connectivity index (χ4n) is 1.77. The number of ether oxygens (including phenoxy) is 1. The van der Waals surface area contributed by atoms with E-state index in [1.165, 1.54) is 12.1 Å². The van der Waals surface area contributed by atoms with Crippen molar-refractivity contribution in [1.29, 1.82) is 0 Å². The van der Waals surface area contributed by atoms with Crippen molar-refractivity contribution in [3.05, 3.63) is 62.7 Å². The lowest BCUT2D eigenvalue weighted by Gasteiger charge is -2.09. The van der Waals surface area contributed by atoms with Gasteiger partial charge in [-0.2, -0.15) is 0 Å². The van der Waals surface area contributed by atoms with E-state index in [2.05, 4.69) is 0 Å². The van der Waals surface area contributed by atoms with Crippen LogP contribution < -0.4 is 4.74 Å². The highest BCUT2D eigenvalue weighted by atomic mass is 35.5. The molecule has 0 radical (unpaired) electrons. The molecule has 2 rings (SSSR count). The second-order valence-corrected chi connectivity index (χ2v) is 4.74. The van der Waals surface area contributed by atoms with Gasteiger partial charge in [0.25, 0.3) is 12.1 Å². The fourth-order valence-corrected chi connectivity index (χ4v) is 2.00. The summed E-state index contributed by atoms with van der Waals surface area (Å²) in [7, 11) is 0. The van der Waals surface area contributed by atoms with E-state index in [1.54, 1.807) is 0 Å². The molecule has 0 saturated carbocycles. The zero-order valence-electron chi connectivity index (χ0n) is 11.2. The van der Waals surface area contributed by atoms with Crippen molar-refractivity contribution < 1.29 is 28.3 Å². The molecule has 0 bridgehead atoms. The van der Waals surface area contributed by atoms with Crippen LogP contribution in [0.1, 0.15) is 22.3 Å². The summed E-state index contributed by atoms with van der Waals surface area (Å²) in [6, 6.07) is 6.44. The molecule has 0 heterocycles. The highest BCUT2D eigenvalue weighted by Crippen LogP contribution is 2.34. The molecule has 0 aromatic heterocycles. The first-order valence-electron chi connectivity index (χ1n) is 6.06. The second-order valence-electron chi connectivity index (χ2n) is 4.33. The Bertz CT molecular complexity index is 782. The van der Waals surface area contributed by atoms with E-state index in [4.69, 9.17) is 21.4 Å². The van der Waals surface area contributed by atoms with Crippen LogP contribution in [0.15, 0.2) is 36.4 Å². The minimum absolute atomic E-state index is 0.0151. The Morgan fingerprint density at radius 1 is 1.26 bits per heavy atom. The predicted molar refractivity (Wildman–Crippen MR) is 76.5 cm³/mol. The lowest BCUT2D eigenvalue weighted by molar-refractivity contribution is -0.385. The van der Waals surface area contributed by atoms with Gasteiger partial charge in [0, 0.05) is 17.7 Å². The SMILES string of the molecule is O=C(O)c1cc(Oc2ccc(C(F)F)cc2Cl)ccc1[N+](=O)[O-]. The number of hydrogen-bond donors (Lipinski definition) is 1. The van der Waals surface area contributed by atoms with Crippen LogP contribution in [0.2, 0.25) is 5.02 Å². The molecule has 0 unspecified atom stereocenters. The quantitative estimate of drug-likeness (QED) is 0.629. The Hall–Kier alpha value is -2.74. The third-order valence-electron chi connectivity index (χ3n) is 2.83. The van der Waals surface area contributed by atoms with Crippen molar-refractivity contribution in [2.24, 2.45) is 0 Å². The van der Waals surface area contributed by atoms with Crippen molar-refractivity contribution >= 4 is 23.3 Å². The minimum atomic E-state index is -2.69. The Morgan fingerprint density at radius 3 is 2.48 bits per heavy atom. The van der Waals surface area contributed by atoms with Crippen LogP contribution in [0.3, 0.4) is 0 Å². The molecule has 0 aliphatic rings. The van der Waals surface area contributed by atoms with Gasteiger partial charge in [-0.25, -0.2) is 13.6 Å². The monoisotopic (exact) mass is 343 g/mol. The zero-order chi connectivity index (χ0) is 17.1. The zero-order valence-corrected chi connectivity index (χ0v) is 12.0. The fraction of sp³-hybridized carbons (Fsp3) is 0.0714. The van der Waals surface area contributed by atoms with Gasteiger partial charge in [0.1, 0.15) is 17.1 Å². The number of carboxylic acids is 1. The number of alkyl halides is 2. The van der Waals surface area contributed by atoms with Gasteiger partial charge < -0.3 is 9.84 Å². The van der Waals surface area contributed by atoms with E-state index >= 15 is 0 Å². The number of rotatable bonds is 5. The van der Waals surface area contributed by atoms with E-state index in [1.807, 2.05) is 0 Å². The van der Waals surface area contributed by atoms with Crippen molar-refractivity contribution in [1.82, 2.24) is 0 Å². The molecule has 0 fully saturated rings. The second kappa shape index (κ2) is 6.57. The normalized spacial score (nSPS) is 10.6. The van der Waals surface area contributed by atoms with Crippen LogP contribution in [0.4, 0.5) is 14.5 Å². The largest absolute Gasteiger partial charge is 0.477 e. The van der Waals surface area contributed by atoms with Gasteiger partial charge in [0.15, 0.2) is 0 Å². The summed E-state index contributed by atoms with van der Waals surface area (Å²) >= 11 is 5.82. The summed E-state index contributed by atoms with van der Waals surface area (Å²) < 4.78 is 30.4. The molecule has 6 nitrogen and oxygen atoms in total. The average molecular weight is 344 g/mol. The van der Waals surface area contributed by atoms with Crippen LogP contribution in [-0.4, -0.2) is 16.0 Å². The van der Waals surface area contributed by atoms with E-state index in [0.29, 0.717) is 0 Å². The summed E-state index contributed by atoms with van der Waals surface area (Å²) in [5, 5.41) is 19.6. The van der Waals surface area contributed by atoms with Crippen molar-refractivity contribution in [3.63, 3.8) is 0 Å². The first-order chi connectivity index (χ1) is 10.8. The number of nitro groups is 1. The van der Waals surface area contributed by atoms with Crippen molar-refractivity contribution in [2.45, 2.75) is 6.43 Å². The van der Waals surface area contributed by atoms with E-state index in [9.17, 15) is 23.7 Å². The summed E-state index contributed by atoms with van der Waals surface area (Å²) in [5.74, 6) is -1.51. The number of nitrogens with zero attached hydrogens (tertiary/aromatic N) is 1. The number of hydrogen-bond acceptors (Lipinski definition) is 4. The van der Waals surface area contributed by atoms with Gasteiger partial charge in [-0.15, -0.1) is 0 Å². The molecule has 2 aromatic rings. The number of benzene rings is 2. The van der Waals surface area contributed by atoms with Gasteiger partial charge in [-0.1, -0.05) is 11.6 Å². The number of carbonyl (C=O) groups is 1. The highest BCUT2D eigenvalue weighted by molar-refractivity contribution is 6.32. The predicted octanol–water partition coefficient (Wildman–Crippen LogP) is 4.68. The first kappa shape index (κ1) is 16.6. The number of halogens is 3. The average Bonchev–Trinajstić information content (AvgIpc) is 2.48. The maximum Gasteiger partial charge on any atom is 0.342 e. The molecule has 120 valence electrons. The molecule has 23 heavy (non-hydrogen) atoms. The molecular formula is C14H8ClF2NO5. The summed E-state index contributed by atoms with van der Waals surface area (Å²) in [6.07, 6.45) is -2.69. The molecule has 0 spiro atoms. The Balaban J connectivity index is 2.35. The summed E-state index contributed by atoms with van der Waals surface area (Å²) in [6.45, 7) is 0. The third kappa shape index (κ3) is 3.72. The lowest BCUT2D eigenvalue weighted by atomic mass is 10.1. The van der Waals surface area contributed by atoms with E-state index in [0.717, 1.165) is 24.3 Å². The Morgan fingerprint density at radius 2 is 1.96 bits per heavy atom. The number of carboxylic acid groups (broad SMARTS) is 1. The number of aromatic carboxylic acids is 1. The molecule has 0 aliphatic carbocycles. The molecule has 0 atom stereocenters. The lowest BCUT2D eigenvalue weighted by Crippen LogP contribution is -2.03. The van der Waals surface area contributed by atoms with Crippen LogP contribution >= 0.6 is 11.6 Å². The van der Waals surface area contributed by atoms with E-state index in [-0.39, 0.29) is 22.1 Å². The van der Waals surface area contributed by atoms with E-state index < -0.39 is 28.6 Å². The van der Waals surface area contributed by atoms with Crippen LogP contribution in [0.5, 0.6) is 11.5 Å². The topological polar surface area (TPSA) is 89.7 Å². The smallest absolute Gasteiger partial charge is 0.342 e. The number of nitro benzene ring substituents is 1. The molecule has 1 N–H and O–H groups in total. The van der Waals surface area contributed by atoms with Crippen LogP contribution in [-0.2, 0) is 0 Å². The maximum absolute atomic E-state index is 12.5. The molecule has 0 saturated heterocycles.